The van der Waals surface area contributed by atoms with Crippen LogP contribution in [-0.2, 0) is 19.1 Å². The third-order valence-electron chi connectivity index (χ3n) is 3.42. The van der Waals surface area contributed by atoms with Gasteiger partial charge in [0.05, 0.1) is 5.41 Å². The maximum Gasteiger partial charge on any atom is 0.344 e. The first-order chi connectivity index (χ1) is 10.2. The lowest BCUT2D eigenvalue weighted by molar-refractivity contribution is -0.167. The summed E-state index contributed by atoms with van der Waals surface area (Å²) in [7, 11) is 0. The van der Waals surface area contributed by atoms with Gasteiger partial charge in [-0.05, 0) is 51.0 Å². The quantitative estimate of drug-likeness (QED) is 0.602. The maximum atomic E-state index is 11.8. The molecule has 4 nitrogen and oxygen atoms in total. The van der Waals surface area contributed by atoms with Crippen LogP contribution in [0.5, 0.6) is 0 Å². The van der Waals surface area contributed by atoms with Crippen LogP contribution < -0.4 is 0 Å². The molecule has 1 rings (SSSR count). The van der Waals surface area contributed by atoms with Crippen molar-refractivity contribution >= 4 is 43.8 Å². The van der Waals surface area contributed by atoms with Gasteiger partial charge >= 0.3 is 11.9 Å². The molecule has 0 fully saturated rings. The van der Waals surface area contributed by atoms with Crippen LogP contribution in [0.25, 0.3) is 0 Å². The number of hydrogen-bond donors (Lipinski definition) is 0. The minimum absolute atomic E-state index is 0.373. The van der Waals surface area contributed by atoms with Crippen LogP contribution in [0.2, 0.25) is 0 Å². The van der Waals surface area contributed by atoms with Gasteiger partial charge in [-0.3, -0.25) is 4.79 Å². The zero-order valence-electron chi connectivity index (χ0n) is 13.1. The molecular weight excluding hydrogens is 416 g/mol. The molecule has 0 saturated carbocycles. The molecule has 1 aromatic rings. The predicted molar refractivity (Wildman–Crippen MR) is 91.4 cm³/mol. The summed E-state index contributed by atoms with van der Waals surface area (Å²) in [4.78, 5) is 23.6. The first-order valence-electron chi connectivity index (χ1n) is 6.98. The van der Waals surface area contributed by atoms with Gasteiger partial charge in [0.1, 0.15) is 6.10 Å². The van der Waals surface area contributed by atoms with Gasteiger partial charge in [0.15, 0.2) is 6.61 Å². The average Bonchev–Trinajstić information content (AvgIpc) is 2.43. The van der Waals surface area contributed by atoms with Crippen LogP contribution >= 0.6 is 31.9 Å². The highest BCUT2D eigenvalue weighted by atomic mass is 79.9. The second kappa shape index (κ2) is 8.11. The van der Waals surface area contributed by atoms with Crippen LogP contribution in [-0.4, -0.2) is 18.5 Å². The largest absolute Gasteiger partial charge is 0.455 e. The van der Waals surface area contributed by atoms with Gasteiger partial charge in [-0.25, -0.2) is 4.79 Å². The minimum Gasteiger partial charge on any atom is -0.455 e. The molecule has 0 aliphatic heterocycles. The Morgan fingerprint density at radius 3 is 2.23 bits per heavy atom. The number of hydrogen-bond acceptors (Lipinski definition) is 4. The van der Waals surface area contributed by atoms with E-state index in [0.29, 0.717) is 6.42 Å². The van der Waals surface area contributed by atoms with Crippen molar-refractivity contribution < 1.29 is 19.1 Å². The lowest BCUT2D eigenvalue weighted by Gasteiger charge is -2.20. The van der Waals surface area contributed by atoms with Crippen molar-refractivity contribution in [3.05, 3.63) is 32.7 Å². The third kappa shape index (κ3) is 5.72. The Hall–Kier alpha value is -0.880. The van der Waals surface area contributed by atoms with E-state index in [0.717, 1.165) is 14.5 Å². The molecule has 0 heterocycles. The van der Waals surface area contributed by atoms with Gasteiger partial charge in [0, 0.05) is 8.95 Å². The number of halogens is 2. The number of carbonyl (C=O) groups is 2. The summed E-state index contributed by atoms with van der Waals surface area (Å²) in [5.41, 5.74) is 0.246. The minimum atomic E-state index is -0.596. The maximum absolute atomic E-state index is 11.8. The monoisotopic (exact) mass is 434 g/mol. The standard InChI is InChI=1S/C16H20Br2O4/c1-5-16(3,4)15(20)21-9-14(19)22-10(2)11-6-12(17)8-13(18)7-11/h6-8,10H,5,9H2,1-4H3. The van der Waals surface area contributed by atoms with Gasteiger partial charge in [-0.15, -0.1) is 0 Å². The zero-order chi connectivity index (χ0) is 16.9. The zero-order valence-corrected chi connectivity index (χ0v) is 16.3. The molecular formula is C16H20Br2O4. The predicted octanol–water partition coefficient (Wildman–Crippen LogP) is 4.80. The van der Waals surface area contributed by atoms with E-state index < -0.39 is 23.5 Å². The fraction of sp³-hybridized carbons (Fsp3) is 0.500. The van der Waals surface area contributed by atoms with Crippen molar-refractivity contribution in [2.24, 2.45) is 5.41 Å². The lowest BCUT2D eigenvalue weighted by Crippen LogP contribution is -2.28. The summed E-state index contributed by atoms with van der Waals surface area (Å²) >= 11 is 6.77. The average molecular weight is 436 g/mol. The summed E-state index contributed by atoms with van der Waals surface area (Å²) in [6, 6.07) is 5.64. The van der Waals surface area contributed by atoms with E-state index in [1.807, 2.05) is 25.1 Å². The van der Waals surface area contributed by atoms with Crippen molar-refractivity contribution in [3.8, 4) is 0 Å². The van der Waals surface area contributed by atoms with Gasteiger partial charge in [-0.1, -0.05) is 38.8 Å². The first kappa shape index (κ1) is 19.2. The Morgan fingerprint density at radius 2 is 1.73 bits per heavy atom. The highest BCUT2D eigenvalue weighted by Crippen LogP contribution is 2.26. The van der Waals surface area contributed by atoms with Crippen molar-refractivity contribution in [1.29, 1.82) is 0 Å². The van der Waals surface area contributed by atoms with Crippen molar-refractivity contribution in [3.63, 3.8) is 0 Å². The summed E-state index contributed by atoms with van der Waals surface area (Å²) < 4.78 is 12.1. The van der Waals surface area contributed by atoms with E-state index >= 15 is 0 Å². The molecule has 1 aromatic carbocycles. The molecule has 0 spiro atoms. The van der Waals surface area contributed by atoms with Crippen molar-refractivity contribution in [2.45, 2.75) is 40.2 Å². The number of ether oxygens (including phenoxy) is 2. The van der Waals surface area contributed by atoms with Gasteiger partial charge < -0.3 is 9.47 Å². The molecule has 122 valence electrons. The van der Waals surface area contributed by atoms with Crippen LogP contribution in [0.3, 0.4) is 0 Å². The SMILES string of the molecule is CCC(C)(C)C(=O)OCC(=O)OC(C)c1cc(Br)cc(Br)c1. The summed E-state index contributed by atoms with van der Waals surface area (Å²) in [6.07, 6.45) is 0.211. The Morgan fingerprint density at radius 1 is 1.18 bits per heavy atom. The number of esters is 2. The second-order valence-electron chi connectivity index (χ2n) is 5.65. The number of rotatable bonds is 6. The van der Waals surface area contributed by atoms with Gasteiger partial charge in [0.2, 0.25) is 0 Å². The molecule has 0 aliphatic carbocycles. The number of benzene rings is 1. The molecule has 6 heteroatoms. The molecule has 0 N–H and O–H groups in total. The lowest BCUT2D eigenvalue weighted by atomic mass is 9.91. The van der Waals surface area contributed by atoms with Crippen molar-refractivity contribution in [1.82, 2.24) is 0 Å². The topological polar surface area (TPSA) is 52.6 Å². The fourth-order valence-electron chi connectivity index (χ4n) is 1.57. The molecule has 0 saturated heterocycles. The summed E-state index contributed by atoms with van der Waals surface area (Å²) in [6.45, 7) is 6.85. The van der Waals surface area contributed by atoms with Gasteiger partial charge in [-0.2, -0.15) is 0 Å². The molecule has 0 amide bonds. The fourth-order valence-corrected chi connectivity index (χ4v) is 2.90. The van der Waals surface area contributed by atoms with Crippen LogP contribution in [0.1, 0.15) is 45.8 Å². The molecule has 0 aromatic heterocycles. The normalized spacial score (nSPS) is 12.6. The summed E-state index contributed by atoms with van der Waals surface area (Å²) in [5.74, 6) is -0.964. The summed E-state index contributed by atoms with van der Waals surface area (Å²) in [5, 5.41) is 0. The highest BCUT2D eigenvalue weighted by molar-refractivity contribution is 9.11. The molecule has 22 heavy (non-hydrogen) atoms. The van der Waals surface area contributed by atoms with E-state index in [9.17, 15) is 9.59 Å². The molecule has 1 unspecified atom stereocenters. The van der Waals surface area contributed by atoms with Crippen LogP contribution in [0, 0.1) is 5.41 Å². The molecule has 0 bridgehead atoms. The van der Waals surface area contributed by atoms with Gasteiger partial charge in [0.25, 0.3) is 0 Å². The Labute approximate surface area is 147 Å². The number of carbonyl (C=O) groups excluding carboxylic acids is 2. The van der Waals surface area contributed by atoms with E-state index in [1.54, 1.807) is 20.8 Å². The molecule has 0 aliphatic rings. The third-order valence-corrected chi connectivity index (χ3v) is 4.34. The van der Waals surface area contributed by atoms with Crippen LogP contribution in [0.15, 0.2) is 27.1 Å². The van der Waals surface area contributed by atoms with E-state index in [-0.39, 0.29) is 6.61 Å². The highest BCUT2D eigenvalue weighted by Gasteiger charge is 2.28. The van der Waals surface area contributed by atoms with Crippen molar-refractivity contribution in [2.75, 3.05) is 6.61 Å². The smallest absolute Gasteiger partial charge is 0.344 e. The molecule has 0 radical (unpaired) electrons. The Bertz CT molecular complexity index is 535. The Balaban J connectivity index is 2.56. The van der Waals surface area contributed by atoms with E-state index in [1.165, 1.54) is 0 Å². The molecule has 1 atom stereocenters. The van der Waals surface area contributed by atoms with E-state index in [4.69, 9.17) is 9.47 Å². The van der Waals surface area contributed by atoms with Crippen LogP contribution in [0.4, 0.5) is 0 Å². The first-order valence-corrected chi connectivity index (χ1v) is 8.57. The second-order valence-corrected chi connectivity index (χ2v) is 7.48. The van der Waals surface area contributed by atoms with E-state index in [2.05, 4.69) is 31.9 Å². The Kier molecular flexibility index (Phi) is 7.06.